The molecule has 0 aromatic carbocycles. The summed E-state index contributed by atoms with van der Waals surface area (Å²) < 4.78 is 4.92. The number of carbonyl (C=O) groups is 3. The minimum absolute atomic E-state index is 0.0161. The van der Waals surface area contributed by atoms with Crippen LogP contribution >= 0.6 is 11.6 Å². The summed E-state index contributed by atoms with van der Waals surface area (Å²) in [5, 5.41) is 11.6. The number of nitrogens with zero attached hydrogens (tertiary/aromatic N) is 2. The zero-order valence-corrected chi connectivity index (χ0v) is 13.8. The Morgan fingerprint density at radius 3 is 2.88 bits per heavy atom. The predicted molar refractivity (Wildman–Crippen MR) is 83.5 cm³/mol. The van der Waals surface area contributed by atoms with E-state index in [-0.39, 0.29) is 47.4 Å². The number of hydrogen-bond donors (Lipinski definition) is 3. The highest BCUT2D eigenvalue weighted by molar-refractivity contribution is 6.29. The van der Waals surface area contributed by atoms with Gasteiger partial charge in [-0.1, -0.05) is 16.8 Å². The number of nitrogens with one attached hydrogen (secondary N) is 3. The van der Waals surface area contributed by atoms with Crippen LogP contribution < -0.4 is 16.0 Å². The van der Waals surface area contributed by atoms with E-state index in [1.54, 1.807) is 4.90 Å². The summed E-state index contributed by atoms with van der Waals surface area (Å²) in [5.41, 5.74) is 0. The lowest BCUT2D eigenvalue weighted by atomic mass is 9.98. The Balaban J connectivity index is 1.61. The number of halogens is 1. The van der Waals surface area contributed by atoms with Gasteiger partial charge >= 0.3 is 6.03 Å². The van der Waals surface area contributed by atoms with Gasteiger partial charge in [0.15, 0.2) is 5.15 Å². The molecule has 0 saturated carbocycles. The van der Waals surface area contributed by atoms with E-state index >= 15 is 0 Å². The molecule has 9 nitrogen and oxygen atoms in total. The summed E-state index contributed by atoms with van der Waals surface area (Å²) in [6, 6.07) is 0.259. The van der Waals surface area contributed by atoms with Crippen molar-refractivity contribution in [1.82, 2.24) is 26.0 Å². The van der Waals surface area contributed by atoms with Crippen LogP contribution in [0.15, 0.2) is 10.6 Å². The van der Waals surface area contributed by atoms with Gasteiger partial charge in [0.25, 0.3) is 5.91 Å². The molecule has 2 unspecified atom stereocenters. The maximum atomic E-state index is 12.5. The van der Waals surface area contributed by atoms with Crippen molar-refractivity contribution >= 4 is 29.4 Å². The first kappa shape index (κ1) is 16.6. The van der Waals surface area contributed by atoms with Crippen molar-refractivity contribution in [2.24, 2.45) is 0 Å². The molecule has 3 N–H and O–H groups in total. The van der Waals surface area contributed by atoms with Crippen LogP contribution in [-0.2, 0) is 4.79 Å². The van der Waals surface area contributed by atoms with Crippen LogP contribution in [0.2, 0.25) is 5.15 Å². The fourth-order valence-electron chi connectivity index (χ4n) is 2.92. The number of urea groups is 1. The summed E-state index contributed by atoms with van der Waals surface area (Å²) in [4.78, 5) is 37.4. The highest BCUT2D eigenvalue weighted by atomic mass is 35.5. The van der Waals surface area contributed by atoms with E-state index < -0.39 is 6.04 Å². The molecule has 2 aliphatic heterocycles. The maximum absolute atomic E-state index is 12.5. The fourth-order valence-corrected chi connectivity index (χ4v) is 3.05. The first-order valence-corrected chi connectivity index (χ1v) is 8.09. The predicted octanol–water partition coefficient (Wildman–Crippen LogP) is 0.119. The van der Waals surface area contributed by atoms with E-state index in [9.17, 15) is 14.4 Å². The molecule has 0 spiro atoms. The van der Waals surface area contributed by atoms with E-state index in [0.717, 1.165) is 12.8 Å². The molecule has 10 heteroatoms. The number of piperidine rings is 1. The molecular weight excluding hydrogens is 338 g/mol. The number of rotatable bonds is 3. The highest BCUT2D eigenvalue weighted by Gasteiger charge is 2.34. The van der Waals surface area contributed by atoms with E-state index in [1.165, 1.54) is 6.07 Å². The van der Waals surface area contributed by atoms with E-state index in [1.807, 2.05) is 6.92 Å². The molecule has 2 saturated heterocycles. The van der Waals surface area contributed by atoms with Gasteiger partial charge in [-0.3, -0.25) is 9.59 Å². The molecule has 0 radical (unpaired) electrons. The average Bonchev–Trinajstić information content (AvgIpc) is 3.17. The molecule has 4 amide bonds. The molecule has 2 fully saturated rings. The lowest BCUT2D eigenvalue weighted by Crippen LogP contribution is -2.55. The first-order chi connectivity index (χ1) is 11.4. The van der Waals surface area contributed by atoms with Crippen molar-refractivity contribution in [1.29, 1.82) is 0 Å². The van der Waals surface area contributed by atoms with Gasteiger partial charge in [0, 0.05) is 31.2 Å². The second kappa shape index (κ2) is 6.68. The van der Waals surface area contributed by atoms with Crippen LogP contribution in [0.25, 0.3) is 0 Å². The topological polar surface area (TPSA) is 117 Å². The van der Waals surface area contributed by atoms with Gasteiger partial charge in [0.1, 0.15) is 6.04 Å². The van der Waals surface area contributed by atoms with E-state index in [2.05, 4.69) is 21.1 Å². The third kappa shape index (κ3) is 3.45. The second-order valence-corrected chi connectivity index (χ2v) is 6.40. The van der Waals surface area contributed by atoms with Gasteiger partial charge in [0.2, 0.25) is 11.7 Å². The second-order valence-electron chi connectivity index (χ2n) is 6.01. The lowest BCUT2D eigenvalue weighted by molar-refractivity contribution is -0.123. The molecule has 1 aromatic rings. The van der Waals surface area contributed by atoms with Crippen molar-refractivity contribution in [3.63, 3.8) is 0 Å². The summed E-state index contributed by atoms with van der Waals surface area (Å²) in [6.07, 6.45) is 1.50. The third-order valence-corrected chi connectivity index (χ3v) is 4.45. The van der Waals surface area contributed by atoms with Crippen molar-refractivity contribution in [3.8, 4) is 0 Å². The van der Waals surface area contributed by atoms with Gasteiger partial charge in [-0.15, -0.1) is 0 Å². The van der Waals surface area contributed by atoms with Crippen LogP contribution in [0.1, 0.15) is 30.3 Å². The maximum Gasteiger partial charge on any atom is 0.315 e. The zero-order valence-electron chi connectivity index (χ0n) is 13.0. The van der Waals surface area contributed by atoms with Crippen LogP contribution in [0.5, 0.6) is 0 Å². The molecule has 24 heavy (non-hydrogen) atoms. The van der Waals surface area contributed by atoms with Gasteiger partial charge in [-0.25, -0.2) is 4.79 Å². The number of hydrogen-bond acceptors (Lipinski definition) is 5. The number of aromatic nitrogens is 1. The van der Waals surface area contributed by atoms with Crippen LogP contribution in [0.4, 0.5) is 4.79 Å². The molecule has 1 aromatic heterocycles. The Bertz CT molecular complexity index is 663. The Morgan fingerprint density at radius 2 is 2.25 bits per heavy atom. The number of likely N-dealkylation sites (tertiary alicyclic amines) is 1. The van der Waals surface area contributed by atoms with E-state index in [4.69, 9.17) is 16.1 Å². The Morgan fingerprint density at radius 1 is 1.46 bits per heavy atom. The normalized spacial score (nSPS) is 26.7. The zero-order chi connectivity index (χ0) is 17.3. The molecule has 3 heterocycles. The molecular formula is C14H18ClN5O4. The molecule has 130 valence electrons. The Hall–Kier alpha value is -2.29. The molecule has 3 atom stereocenters. The minimum atomic E-state index is -0.589. The van der Waals surface area contributed by atoms with Crippen LogP contribution in [-0.4, -0.2) is 59.1 Å². The third-order valence-electron chi connectivity index (χ3n) is 4.27. The molecule has 0 aliphatic carbocycles. The quantitative estimate of drug-likeness (QED) is 0.712. The summed E-state index contributed by atoms with van der Waals surface area (Å²) in [6.45, 7) is 2.56. The largest absolute Gasteiger partial charge is 0.350 e. The Kier molecular flexibility index (Phi) is 4.61. The van der Waals surface area contributed by atoms with Crippen molar-refractivity contribution < 1.29 is 18.9 Å². The Labute approximate surface area is 143 Å². The van der Waals surface area contributed by atoms with Gasteiger partial charge < -0.3 is 25.4 Å². The van der Waals surface area contributed by atoms with Crippen LogP contribution in [0, 0.1) is 0 Å². The summed E-state index contributed by atoms with van der Waals surface area (Å²) in [7, 11) is 0. The van der Waals surface area contributed by atoms with Gasteiger partial charge in [0.05, 0.1) is 0 Å². The van der Waals surface area contributed by atoms with Crippen molar-refractivity contribution in [2.45, 2.75) is 37.9 Å². The van der Waals surface area contributed by atoms with Crippen molar-refractivity contribution in [2.75, 3.05) is 13.1 Å². The monoisotopic (exact) mass is 355 g/mol. The molecule has 0 bridgehead atoms. The SMILES string of the molecule is CC1CCC(NC(=O)[C@@H]2CNC(=O)N2)CN1C(=O)c1cc(Cl)no1. The van der Waals surface area contributed by atoms with Crippen LogP contribution in [0.3, 0.4) is 0 Å². The number of amides is 4. The highest BCUT2D eigenvalue weighted by Crippen LogP contribution is 2.21. The van der Waals surface area contributed by atoms with E-state index in [0.29, 0.717) is 6.54 Å². The fraction of sp³-hybridized carbons (Fsp3) is 0.571. The summed E-state index contributed by atoms with van der Waals surface area (Å²) >= 11 is 5.69. The minimum Gasteiger partial charge on any atom is -0.350 e. The lowest BCUT2D eigenvalue weighted by Gasteiger charge is -2.37. The average molecular weight is 356 g/mol. The standard InChI is InChI=1S/C14H18ClN5O4/c1-7-2-3-8(17-12(21)9-5-16-14(23)18-9)6-20(7)13(22)10-4-11(15)19-24-10/h4,7-9H,2-3,5-6H2,1H3,(H,17,21)(H2,16,18,23)/t7?,8?,9-/m0/s1. The van der Waals surface area contributed by atoms with Gasteiger partial charge in [-0.2, -0.15) is 0 Å². The number of carbonyl (C=O) groups excluding carboxylic acids is 3. The van der Waals surface area contributed by atoms with Gasteiger partial charge in [-0.05, 0) is 19.8 Å². The molecule has 2 aliphatic rings. The first-order valence-electron chi connectivity index (χ1n) is 7.72. The smallest absolute Gasteiger partial charge is 0.315 e. The molecule has 3 rings (SSSR count). The van der Waals surface area contributed by atoms with Crippen molar-refractivity contribution in [3.05, 3.63) is 17.0 Å². The summed E-state index contributed by atoms with van der Waals surface area (Å²) in [5.74, 6) is -0.495.